The zero-order valence-corrected chi connectivity index (χ0v) is 20.8. The quantitative estimate of drug-likeness (QED) is 0.475. The van der Waals surface area contributed by atoms with E-state index in [2.05, 4.69) is 10.6 Å². The van der Waals surface area contributed by atoms with Crippen LogP contribution >= 0.6 is 0 Å². The van der Waals surface area contributed by atoms with Crippen LogP contribution in [0.25, 0.3) is 0 Å². The molecule has 2 amide bonds. The van der Waals surface area contributed by atoms with Crippen LogP contribution in [0.3, 0.4) is 0 Å². The van der Waals surface area contributed by atoms with E-state index < -0.39 is 40.8 Å². The Morgan fingerprint density at radius 3 is 2.05 bits per heavy atom. The summed E-state index contributed by atoms with van der Waals surface area (Å²) in [5.74, 6) is -1.96. The monoisotopic (exact) mass is 541 g/mol. The minimum Gasteiger partial charge on any atom is -0.346 e. The van der Waals surface area contributed by atoms with E-state index in [-0.39, 0.29) is 24.1 Å². The first-order valence-corrected chi connectivity index (χ1v) is 12.5. The van der Waals surface area contributed by atoms with Crippen molar-refractivity contribution in [3.05, 3.63) is 64.7 Å². The summed E-state index contributed by atoms with van der Waals surface area (Å²) in [6.45, 7) is 2.73. The molecule has 5 nitrogen and oxygen atoms in total. The number of piperazine rings is 1. The molecule has 0 unspecified atom stereocenters. The highest BCUT2D eigenvalue weighted by atomic mass is 19.4. The summed E-state index contributed by atoms with van der Waals surface area (Å²) in [5.41, 5.74) is -2.58. The predicted molar refractivity (Wildman–Crippen MR) is 129 cm³/mol. The maximum Gasteiger partial charge on any atom is 0.416 e. The first-order chi connectivity index (χ1) is 17.8. The van der Waals surface area contributed by atoms with E-state index in [1.165, 1.54) is 6.92 Å². The van der Waals surface area contributed by atoms with Crippen LogP contribution in [0, 0.1) is 0 Å². The Balaban J connectivity index is 1.62. The van der Waals surface area contributed by atoms with Gasteiger partial charge in [-0.05, 0) is 61.2 Å². The maximum atomic E-state index is 13.4. The van der Waals surface area contributed by atoms with Gasteiger partial charge in [0.2, 0.25) is 11.8 Å². The highest BCUT2D eigenvalue weighted by Crippen LogP contribution is 2.40. The van der Waals surface area contributed by atoms with Gasteiger partial charge in [-0.15, -0.1) is 0 Å². The fourth-order valence-electron chi connectivity index (χ4n) is 5.21. The number of rotatable bonds is 5. The Kier molecular flexibility index (Phi) is 7.79. The van der Waals surface area contributed by atoms with E-state index in [1.54, 1.807) is 17.0 Å². The zero-order valence-electron chi connectivity index (χ0n) is 20.8. The van der Waals surface area contributed by atoms with Crippen molar-refractivity contribution in [3.63, 3.8) is 0 Å². The second kappa shape index (κ2) is 10.6. The van der Waals surface area contributed by atoms with Crippen molar-refractivity contribution in [3.8, 4) is 0 Å². The van der Waals surface area contributed by atoms with Gasteiger partial charge in [0.1, 0.15) is 0 Å². The molecule has 0 spiro atoms. The smallest absolute Gasteiger partial charge is 0.346 e. The highest BCUT2D eigenvalue weighted by Gasteiger charge is 2.40. The van der Waals surface area contributed by atoms with Gasteiger partial charge in [-0.3, -0.25) is 9.59 Å². The molecule has 2 fully saturated rings. The van der Waals surface area contributed by atoms with Crippen LogP contribution in [-0.2, 0) is 27.5 Å². The van der Waals surface area contributed by atoms with Crippen molar-refractivity contribution in [2.45, 2.75) is 62.8 Å². The minimum atomic E-state index is -5.00. The molecule has 11 heteroatoms. The molecule has 1 heterocycles. The average Bonchev–Trinajstić information content (AvgIpc) is 2.88. The van der Waals surface area contributed by atoms with E-state index >= 15 is 0 Å². The SMILES string of the molecule is C[C@H](C(=O)NC1(c2ccc(N3CCNCC3=O)cc2)CCCCC1)c1cc(C(F)(F)F)cc(C(F)(F)F)c1. The molecule has 2 N–H and O–H groups in total. The second-order valence-corrected chi connectivity index (χ2v) is 9.96. The average molecular weight is 542 g/mol. The van der Waals surface area contributed by atoms with Gasteiger partial charge in [0.15, 0.2) is 0 Å². The summed E-state index contributed by atoms with van der Waals surface area (Å²) in [5, 5.41) is 5.99. The molecular weight excluding hydrogens is 512 g/mol. The fourth-order valence-corrected chi connectivity index (χ4v) is 5.21. The Morgan fingerprint density at radius 1 is 0.947 bits per heavy atom. The number of hydrogen-bond donors (Lipinski definition) is 2. The van der Waals surface area contributed by atoms with Gasteiger partial charge in [0.05, 0.1) is 29.1 Å². The van der Waals surface area contributed by atoms with Crippen LogP contribution in [0.15, 0.2) is 42.5 Å². The molecule has 1 aliphatic heterocycles. The standard InChI is InChI=1S/C27H29F6N3O2/c1-17(18-13-20(26(28,29)30)15-21(14-18)27(31,32)33)24(38)35-25(9-3-2-4-10-25)19-5-7-22(8-6-19)36-12-11-34-16-23(36)37/h5-8,13-15,17,34H,2-4,9-12,16H2,1H3,(H,35,38)/t17-/m0/s1. The number of carbonyl (C=O) groups excluding carboxylic acids is 2. The number of nitrogens with zero attached hydrogens (tertiary/aromatic N) is 1. The molecule has 1 aliphatic carbocycles. The minimum absolute atomic E-state index is 0.0570. The predicted octanol–water partition coefficient (Wildman–Crippen LogP) is 5.74. The number of anilines is 1. The third kappa shape index (κ3) is 5.98. The lowest BCUT2D eigenvalue weighted by Crippen LogP contribution is -2.49. The molecule has 206 valence electrons. The van der Waals surface area contributed by atoms with Gasteiger partial charge in [0, 0.05) is 18.8 Å². The molecule has 2 aromatic rings. The number of benzene rings is 2. The van der Waals surface area contributed by atoms with Gasteiger partial charge in [-0.2, -0.15) is 26.3 Å². The van der Waals surface area contributed by atoms with E-state index in [0.29, 0.717) is 38.1 Å². The van der Waals surface area contributed by atoms with Crippen molar-refractivity contribution in [1.82, 2.24) is 10.6 Å². The molecule has 1 saturated carbocycles. The molecule has 1 atom stereocenters. The molecule has 0 bridgehead atoms. The lowest BCUT2D eigenvalue weighted by atomic mass is 9.76. The van der Waals surface area contributed by atoms with E-state index in [4.69, 9.17) is 0 Å². The number of alkyl halides is 6. The first kappa shape index (κ1) is 27.9. The van der Waals surface area contributed by atoms with Gasteiger partial charge >= 0.3 is 12.4 Å². The Morgan fingerprint density at radius 2 is 1.53 bits per heavy atom. The third-order valence-corrected chi connectivity index (χ3v) is 7.39. The first-order valence-electron chi connectivity index (χ1n) is 12.5. The van der Waals surface area contributed by atoms with Gasteiger partial charge < -0.3 is 15.5 Å². The molecule has 38 heavy (non-hydrogen) atoms. The molecular formula is C27H29F6N3O2. The number of amides is 2. The Labute approximate surface area is 216 Å². The van der Waals surface area contributed by atoms with Crippen LogP contribution in [0.5, 0.6) is 0 Å². The van der Waals surface area contributed by atoms with Crippen LogP contribution in [-0.4, -0.2) is 31.4 Å². The summed E-state index contributed by atoms with van der Waals surface area (Å²) in [4.78, 5) is 27.2. The van der Waals surface area contributed by atoms with Crippen LogP contribution in [0.2, 0.25) is 0 Å². The number of nitrogens with one attached hydrogen (secondary N) is 2. The summed E-state index contributed by atoms with van der Waals surface area (Å²) in [6.07, 6.45) is -6.29. The number of hydrogen-bond acceptors (Lipinski definition) is 3. The van der Waals surface area contributed by atoms with E-state index in [1.807, 2.05) is 12.1 Å². The van der Waals surface area contributed by atoms with Crippen molar-refractivity contribution in [2.24, 2.45) is 0 Å². The van der Waals surface area contributed by atoms with E-state index in [0.717, 1.165) is 30.5 Å². The van der Waals surface area contributed by atoms with Gasteiger partial charge in [-0.1, -0.05) is 31.4 Å². The maximum absolute atomic E-state index is 13.4. The topological polar surface area (TPSA) is 61.4 Å². The van der Waals surface area contributed by atoms with Crippen LogP contribution in [0.4, 0.5) is 32.0 Å². The lowest BCUT2D eigenvalue weighted by Gasteiger charge is -2.40. The second-order valence-electron chi connectivity index (χ2n) is 9.96. The Bertz CT molecular complexity index is 1140. The summed E-state index contributed by atoms with van der Waals surface area (Å²) in [6, 6.07) is 8.51. The molecule has 1 saturated heterocycles. The molecule has 4 rings (SSSR count). The van der Waals surface area contributed by atoms with Crippen molar-refractivity contribution in [1.29, 1.82) is 0 Å². The zero-order chi connectivity index (χ0) is 27.7. The molecule has 0 radical (unpaired) electrons. The highest BCUT2D eigenvalue weighted by molar-refractivity contribution is 5.95. The third-order valence-electron chi connectivity index (χ3n) is 7.39. The number of halogens is 6. The van der Waals surface area contributed by atoms with Gasteiger partial charge in [-0.25, -0.2) is 0 Å². The van der Waals surface area contributed by atoms with Crippen LogP contribution in [0.1, 0.15) is 67.2 Å². The summed E-state index contributed by atoms with van der Waals surface area (Å²) in [7, 11) is 0. The van der Waals surface area contributed by atoms with Crippen LogP contribution < -0.4 is 15.5 Å². The number of carbonyl (C=O) groups is 2. The van der Waals surface area contributed by atoms with Crippen molar-refractivity contribution >= 4 is 17.5 Å². The van der Waals surface area contributed by atoms with E-state index in [9.17, 15) is 35.9 Å². The van der Waals surface area contributed by atoms with Crippen molar-refractivity contribution in [2.75, 3.05) is 24.5 Å². The fraction of sp³-hybridized carbons (Fsp3) is 0.481. The summed E-state index contributed by atoms with van der Waals surface area (Å²) >= 11 is 0. The summed E-state index contributed by atoms with van der Waals surface area (Å²) < 4.78 is 80.1. The Hall–Kier alpha value is -3.08. The normalized spacial score (nSPS) is 19.2. The largest absolute Gasteiger partial charge is 0.416 e. The van der Waals surface area contributed by atoms with Gasteiger partial charge in [0.25, 0.3) is 0 Å². The molecule has 2 aliphatic rings. The lowest BCUT2D eigenvalue weighted by molar-refractivity contribution is -0.143. The molecule has 0 aromatic heterocycles. The van der Waals surface area contributed by atoms with Crippen molar-refractivity contribution < 1.29 is 35.9 Å². The molecule has 2 aromatic carbocycles.